The molecule has 0 bridgehead atoms. The normalized spacial score (nSPS) is 10.4. The van der Waals surface area contributed by atoms with E-state index >= 15 is 0 Å². The van der Waals surface area contributed by atoms with Crippen LogP contribution in [0, 0.1) is 0 Å². The van der Waals surface area contributed by atoms with Gasteiger partial charge in [0.25, 0.3) is 0 Å². The molecule has 0 aliphatic heterocycles. The summed E-state index contributed by atoms with van der Waals surface area (Å²) in [6.45, 7) is 0. The van der Waals surface area contributed by atoms with Gasteiger partial charge in [-0.15, -0.1) is 0 Å². The van der Waals surface area contributed by atoms with Crippen molar-refractivity contribution in [2.24, 2.45) is 0 Å². The molecule has 98 valence electrons. The Kier molecular flexibility index (Phi) is 3.05. The van der Waals surface area contributed by atoms with Crippen molar-refractivity contribution < 1.29 is 9.90 Å². The number of carboxylic acid groups (broad SMARTS) is 1. The van der Waals surface area contributed by atoms with Crippen molar-refractivity contribution in [3.05, 3.63) is 72.6 Å². The quantitative estimate of drug-likeness (QED) is 0.790. The standard InChI is InChI=1S/C16H12N2O2/c19-16(20)15-14(12-7-3-1-4-8-12)11-18(17-15)13-9-5-2-6-10-13/h1-11H,(H,19,20). The molecule has 0 spiro atoms. The van der Waals surface area contributed by atoms with Crippen LogP contribution in [0.3, 0.4) is 0 Å². The van der Waals surface area contributed by atoms with E-state index in [0.29, 0.717) is 5.56 Å². The van der Waals surface area contributed by atoms with E-state index in [9.17, 15) is 9.90 Å². The minimum atomic E-state index is -1.03. The van der Waals surface area contributed by atoms with Gasteiger partial charge in [-0.05, 0) is 17.7 Å². The molecule has 0 unspecified atom stereocenters. The number of rotatable bonds is 3. The first-order valence-corrected chi connectivity index (χ1v) is 6.19. The third kappa shape index (κ3) is 2.19. The number of carbonyl (C=O) groups is 1. The lowest BCUT2D eigenvalue weighted by molar-refractivity contribution is 0.0691. The minimum absolute atomic E-state index is 0.0556. The van der Waals surface area contributed by atoms with Gasteiger partial charge < -0.3 is 5.11 Å². The maximum Gasteiger partial charge on any atom is 0.357 e. The lowest BCUT2D eigenvalue weighted by Gasteiger charge is -1.99. The molecule has 4 nitrogen and oxygen atoms in total. The minimum Gasteiger partial charge on any atom is -0.476 e. The molecule has 1 aromatic heterocycles. The fourth-order valence-corrected chi connectivity index (χ4v) is 2.07. The topological polar surface area (TPSA) is 55.1 Å². The van der Waals surface area contributed by atoms with Crippen LogP contribution >= 0.6 is 0 Å². The summed E-state index contributed by atoms with van der Waals surface area (Å²) in [4.78, 5) is 11.4. The van der Waals surface area contributed by atoms with Gasteiger partial charge in [0.1, 0.15) is 0 Å². The van der Waals surface area contributed by atoms with Gasteiger partial charge in [0, 0.05) is 11.8 Å². The fourth-order valence-electron chi connectivity index (χ4n) is 2.07. The second-order valence-corrected chi connectivity index (χ2v) is 4.34. The zero-order valence-electron chi connectivity index (χ0n) is 10.6. The van der Waals surface area contributed by atoms with Crippen LogP contribution in [0.15, 0.2) is 66.9 Å². The van der Waals surface area contributed by atoms with Crippen molar-refractivity contribution in [3.63, 3.8) is 0 Å². The van der Waals surface area contributed by atoms with Crippen LogP contribution in [0.5, 0.6) is 0 Å². The first kappa shape index (κ1) is 12.2. The summed E-state index contributed by atoms with van der Waals surface area (Å²) >= 11 is 0. The second kappa shape index (κ2) is 5.01. The molecule has 4 heteroatoms. The van der Waals surface area contributed by atoms with Gasteiger partial charge in [-0.3, -0.25) is 0 Å². The van der Waals surface area contributed by atoms with Crippen LogP contribution in [0.1, 0.15) is 10.5 Å². The van der Waals surface area contributed by atoms with Crippen LogP contribution < -0.4 is 0 Å². The van der Waals surface area contributed by atoms with Gasteiger partial charge in [0.15, 0.2) is 5.69 Å². The van der Waals surface area contributed by atoms with Gasteiger partial charge in [0.05, 0.1) is 5.69 Å². The number of benzene rings is 2. The van der Waals surface area contributed by atoms with Crippen molar-refractivity contribution in [1.82, 2.24) is 9.78 Å². The summed E-state index contributed by atoms with van der Waals surface area (Å²) in [6, 6.07) is 18.8. The molecule has 20 heavy (non-hydrogen) atoms. The van der Waals surface area contributed by atoms with E-state index in [1.165, 1.54) is 0 Å². The predicted octanol–water partition coefficient (Wildman–Crippen LogP) is 3.24. The molecular formula is C16H12N2O2. The van der Waals surface area contributed by atoms with Crippen molar-refractivity contribution in [1.29, 1.82) is 0 Å². The molecule has 0 radical (unpaired) electrons. The molecule has 1 heterocycles. The summed E-state index contributed by atoms with van der Waals surface area (Å²) in [5.41, 5.74) is 2.34. The Morgan fingerprint density at radius 1 is 0.950 bits per heavy atom. The summed E-state index contributed by atoms with van der Waals surface area (Å²) in [5, 5.41) is 13.5. The summed E-state index contributed by atoms with van der Waals surface area (Å²) in [7, 11) is 0. The Morgan fingerprint density at radius 2 is 1.55 bits per heavy atom. The third-order valence-electron chi connectivity index (χ3n) is 3.02. The van der Waals surface area contributed by atoms with E-state index in [-0.39, 0.29) is 5.69 Å². The van der Waals surface area contributed by atoms with E-state index in [1.54, 1.807) is 10.9 Å². The smallest absolute Gasteiger partial charge is 0.357 e. The highest BCUT2D eigenvalue weighted by Gasteiger charge is 2.17. The van der Waals surface area contributed by atoms with Crippen LogP contribution in [0.25, 0.3) is 16.8 Å². The first-order valence-electron chi connectivity index (χ1n) is 6.19. The molecular weight excluding hydrogens is 252 g/mol. The van der Waals surface area contributed by atoms with Gasteiger partial charge in [-0.25, -0.2) is 9.48 Å². The monoisotopic (exact) mass is 264 g/mol. The number of para-hydroxylation sites is 1. The maximum atomic E-state index is 11.4. The highest BCUT2D eigenvalue weighted by molar-refractivity contribution is 5.93. The molecule has 0 atom stereocenters. The molecule has 3 aromatic rings. The van der Waals surface area contributed by atoms with Crippen molar-refractivity contribution in [2.45, 2.75) is 0 Å². The summed E-state index contributed by atoms with van der Waals surface area (Å²) in [6.07, 6.45) is 1.74. The lowest BCUT2D eigenvalue weighted by Crippen LogP contribution is -2.01. The lowest BCUT2D eigenvalue weighted by atomic mass is 10.1. The molecule has 0 aliphatic carbocycles. The van der Waals surface area contributed by atoms with E-state index in [4.69, 9.17) is 0 Å². The van der Waals surface area contributed by atoms with Crippen molar-refractivity contribution >= 4 is 5.97 Å². The van der Waals surface area contributed by atoms with Crippen LogP contribution in [0.2, 0.25) is 0 Å². The molecule has 0 saturated heterocycles. The Labute approximate surface area is 115 Å². The Hall–Kier alpha value is -2.88. The Morgan fingerprint density at radius 3 is 2.15 bits per heavy atom. The van der Waals surface area contributed by atoms with E-state index < -0.39 is 5.97 Å². The maximum absolute atomic E-state index is 11.4. The highest BCUT2D eigenvalue weighted by atomic mass is 16.4. The molecule has 0 saturated carbocycles. The highest BCUT2D eigenvalue weighted by Crippen LogP contribution is 2.24. The van der Waals surface area contributed by atoms with E-state index in [1.807, 2.05) is 60.7 Å². The molecule has 2 aromatic carbocycles. The summed E-state index contributed by atoms with van der Waals surface area (Å²) < 4.78 is 1.59. The zero-order chi connectivity index (χ0) is 13.9. The molecule has 0 amide bonds. The SMILES string of the molecule is O=C(O)c1nn(-c2ccccc2)cc1-c1ccccc1. The molecule has 3 rings (SSSR count). The van der Waals surface area contributed by atoms with E-state index in [0.717, 1.165) is 11.3 Å². The third-order valence-corrected chi connectivity index (χ3v) is 3.02. The largest absolute Gasteiger partial charge is 0.476 e. The fraction of sp³-hybridized carbons (Fsp3) is 0. The van der Waals surface area contributed by atoms with Gasteiger partial charge in [0.2, 0.25) is 0 Å². The number of nitrogens with zero attached hydrogens (tertiary/aromatic N) is 2. The number of carboxylic acids is 1. The van der Waals surface area contributed by atoms with Gasteiger partial charge >= 0.3 is 5.97 Å². The van der Waals surface area contributed by atoms with Gasteiger partial charge in [-0.1, -0.05) is 48.5 Å². The molecule has 1 N–H and O–H groups in total. The molecule has 0 aliphatic rings. The first-order chi connectivity index (χ1) is 9.75. The second-order valence-electron chi connectivity index (χ2n) is 4.34. The molecule has 0 fully saturated rings. The van der Waals surface area contributed by atoms with Crippen LogP contribution in [-0.2, 0) is 0 Å². The average molecular weight is 264 g/mol. The number of aromatic carboxylic acids is 1. The number of aromatic nitrogens is 2. The zero-order valence-corrected chi connectivity index (χ0v) is 10.6. The van der Waals surface area contributed by atoms with Crippen molar-refractivity contribution in [2.75, 3.05) is 0 Å². The number of hydrogen-bond donors (Lipinski definition) is 1. The van der Waals surface area contributed by atoms with E-state index in [2.05, 4.69) is 5.10 Å². The van der Waals surface area contributed by atoms with Crippen LogP contribution in [0.4, 0.5) is 0 Å². The Balaban J connectivity index is 2.15. The average Bonchev–Trinajstić information content (AvgIpc) is 2.94. The van der Waals surface area contributed by atoms with Crippen molar-refractivity contribution in [3.8, 4) is 16.8 Å². The Bertz CT molecular complexity index is 734. The number of hydrogen-bond acceptors (Lipinski definition) is 2. The van der Waals surface area contributed by atoms with Gasteiger partial charge in [-0.2, -0.15) is 5.10 Å². The summed E-state index contributed by atoms with van der Waals surface area (Å²) in [5.74, 6) is -1.03. The van der Waals surface area contributed by atoms with Crippen LogP contribution in [-0.4, -0.2) is 20.9 Å². The predicted molar refractivity (Wildman–Crippen MR) is 76.0 cm³/mol.